The molecule has 2 N–H and O–H groups in total. The fourth-order valence-corrected chi connectivity index (χ4v) is 1.80. The van der Waals surface area contributed by atoms with Crippen molar-refractivity contribution in [1.29, 1.82) is 5.26 Å². The van der Waals surface area contributed by atoms with Crippen LogP contribution >= 0.6 is 0 Å². The van der Waals surface area contributed by atoms with Crippen LogP contribution in [0.25, 0.3) is 0 Å². The Bertz CT molecular complexity index is 442. The van der Waals surface area contributed by atoms with Gasteiger partial charge in [-0.1, -0.05) is 0 Å². The number of pyridine rings is 1. The van der Waals surface area contributed by atoms with Crippen molar-refractivity contribution in [3.8, 4) is 6.07 Å². The molecule has 0 aromatic carbocycles. The van der Waals surface area contributed by atoms with E-state index >= 15 is 0 Å². The van der Waals surface area contributed by atoms with E-state index in [1.807, 2.05) is 12.1 Å². The van der Waals surface area contributed by atoms with E-state index in [0.29, 0.717) is 31.7 Å². The Kier molecular flexibility index (Phi) is 3.10. The lowest BCUT2D eigenvalue weighted by atomic mass is 10.3. The van der Waals surface area contributed by atoms with E-state index in [9.17, 15) is 4.79 Å². The second-order valence-electron chi connectivity index (χ2n) is 3.83. The summed E-state index contributed by atoms with van der Waals surface area (Å²) in [5.41, 5.74) is 5.75. The first-order chi connectivity index (χ1) is 8.20. The van der Waals surface area contributed by atoms with Crippen LogP contribution in [0.2, 0.25) is 0 Å². The van der Waals surface area contributed by atoms with Crippen molar-refractivity contribution in [3.05, 3.63) is 23.9 Å². The van der Waals surface area contributed by atoms with Gasteiger partial charge in [0.15, 0.2) is 0 Å². The number of carbonyl (C=O) groups is 1. The van der Waals surface area contributed by atoms with Crippen LogP contribution in [-0.4, -0.2) is 42.1 Å². The maximum atomic E-state index is 11.0. The van der Waals surface area contributed by atoms with Crippen molar-refractivity contribution in [2.24, 2.45) is 5.73 Å². The highest BCUT2D eigenvalue weighted by molar-refractivity contribution is 5.72. The summed E-state index contributed by atoms with van der Waals surface area (Å²) < 4.78 is 0. The van der Waals surface area contributed by atoms with Gasteiger partial charge in [-0.15, -0.1) is 0 Å². The molecule has 0 radical (unpaired) electrons. The molecule has 0 unspecified atom stereocenters. The zero-order valence-corrected chi connectivity index (χ0v) is 9.33. The molecule has 17 heavy (non-hydrogen) atoms. The molecule has 0 aliphatic carbocycles. The van der Waals surface area contributed by atoms with Crippen LogP contribution in [0.4, 0.5) is 10.6 Å². The molecule has 1 aliphatic heterocycles. The molecule has 2 rings (SSSR count). The third kappa shape index (κ3) is 2.45. The van der Waals surface area contributed by atoms with E-state index in [0.717, 1.165) is 5.82 Å². The highest BCUT2D eigenvalue weighted by Gasteiger charge is 2.19. The second kappa shape index (κ2) is 4.70. The number of hydrogen-bond acceptors (Lipinski definition) is 4. The molecule has 2 amide bonds. The highest BCUT2D eigenvalue weighted by atomic mass is 16.2. The van der Waals surface area contributed by atoms with Crippen LogP contribution in [0.15, 0.2) is 18.3 Å². The van der Waals surface area contributed by atoms with Crippen LogP contribution < -0.4 is 10.6 Å². The van der Waals surface area contributed by atoms with Gasteiger partial charge in [-0.25, -0.2) is 9.78 Å². The molecular formula is C11H13N5O. The quantitative estimate of drug-likeness (QED) is 0.745. The second-order valence-corrected chi connectivity index (χ2v) is 3.83. The Labute approximate surface area is 99.2 Å². The Morgan fingerprint density at radius 1 is 1.35 bits per heavy atom. The van der Waals surface area contributed by atoms with Crippen LogP contribution in [0.5, 0.6) is 0 Å². The molecule has 88 valence electrons. The van der Waals surface area contributed by atoms with Gasteiger partial charge in [0, 0.05) is 32.4 Å². The number of carbonyl (C=O) groups excluding carboxylic acids is 1. The third-order valence-electron chi connectivity index (χ3n) is 2.79. The first-order valence-corrected chi connectivity index (χ1v) is 5.36. The minimum atomic E-state index is -0.377. The molecule has 6 nitrogen and oxygen atoms in total. The number of nitrogens with two attached hydrogens (primary N) is 1. The predicted molar refractivity (Wildman–Crippen MR) is 62.3 cm³/mol. The van der Waals surface area contributed by atoms with E-state index in [1.54, 1.807) is 17.2 Å². The maximum Gasteiger partial charge on any atom is 0.314 e. The van der Waals surface area contributed by atoms with Gasteiger partial charge in [0.2, 0.25) is 0 Å². The van der Waals surface area contributed by atoms with E-state index < -0.39 is 0 Å². The van der Waals surface area contributed by atoms with Gasteiger partial charge in [0.1, 0.15) is 11.9 Å². The normalized spacial score (nSPS) is 15.5. The molecule has 0 atom stereocenters. The molecule has 6 heteroatoms. The molecule has 0 saturated carbocycles. The minimum Gasteiger partial charge on any atom is -0.353 e. The Hall–Kier alpha value is -2.29. The number of amides is 2. The lowest BCUT2D eigenvalue weighted by Gasteiger charge is -2.34. The molecule has 0 spiro atoms. The van der Waals surface area contributed by atoms with Crippen LogP contribution in [0.1, 0.15) is 5.56 Å². The lowest BCUT2D eigenvalue weighted by molar-refractivity contribution is 0.204. The van der Waals surface area contributed by atoms with Crippen molar-refractivity contribution < 1.29 is 4.79 Å². The Morgan fingerprint density at radius 3 is 2.53 bits per heavy atom. The first-order valence-electron chi connectivity index (χ1n) is 5.36. The van der Waals surface area contributed by atoms with Gasteiger partial charge >= 0.3 is 6.03 Å². The average Bonchev–Trinajstić information content (AvgIpc) is 2.39. The SMILES string of the molecule is N#Cc1ccc(N2CCN(C(N)=O)CC2)nc1. The van der Waals surface area contributed by atoms with Crippen molar-refractivity contribution in [2.75, 3.05) is 31.1 Å². The van der Waals surface area contributed by atoms with Gasteiger partial charge < -0.3 is 15.5 Å². The van der Waals surface area contributed by atoms with Gasteiger partial charge in [-0.05, 0) is 12.1 Å². The number of aromatic nitrogens is 1. The summed E-state index contributed by atoms with van der Waals surface area (Å²) in [7, 11) is 0. The molecular weight excluding hydrogens is 218 g/mol. The van der Waals surface area contributed by atoms with Gasteiger partial charge in [0.05, 0.1) is 5.56 Å². The number of primary amides is 1. The summed E-state index contributed by atoms with van der Waals surface area (Å²) in [6.07, 6.45) is 1.55. The number of nitriles is 1. The Balaban J connectivity index is 2.00. The average molecular weight is 231 g/mol. The largest absolute Gasteiger partial charge is 0.353 e. The maximum absolute atomic E-state index is 11.0. The van der Waals surface area contributed by atoms with E-state index in [1.165, 1.54) is 0 Å². The summed E-state index contributed by atoms with van der Waals surface area (Å²) in [5, 5.41) is 8.67. The van der Waals surface area contributed by atoms with E-state index in [-0.39, 0.29) is 6.03 Å². The summed E-state index contributed by atoms with van der Waals surface area (Å²) in [6, 6.07) is 5.21. The van der Waals surface area contributed by atoms with Crippen LogP contribution in [0.3, 0.4) is 0 Å². The molecule has 1 saturated heterocycles. The number of piperazine rings is 1. The molecule has 1 aromatic rings. The van der Waals surface area contributed by atoms with Crippen molar-refractivity contribution in [3.63, 3.8) is 0 Å². The van der Waals surface area contributed by atoms with Gasteiger partial charge in [0.25, 0.3) is 0 Å². The fraction of sp³-hybridized carbons (Fsp3) is 0.364. The van der Waals surface area contributed by atoms with Gasteiger partial charge in [-0.2, -0.15) is 5.26 Å². The standard InChI is InChI=1S/C11H13N5O/c12-7-9-1-2-10(14-8-9)15-3-5-16(6-4-15)11(13)17/h1-2,8H,3-6H2,(H2,13,17). The highest BCUT2D eigenvalue weighted by Crippen LogP contribution is 2.13. The summed E-state index contributed by atoms with van der Waals surface area (Å²) in [5.74, 6) is 0.827. The molecule has 1 aliphatic rings. The van der Waals surface area contributed by atoms with Crippen molar-refractivity contribution in [2.45, 2.75) is 0 Å². The smallest absolute Gasteiger partial charge is 0.314 e. The predicted octanol–water partition coefficient (Wildman–Crippen LogP) is 0.154. The number of nitrogens with zero attached hydrogens (tertiary/aromatic N) is 4. The summed E-state index contributed by atoms with van der Waals surface area (Å²) in [6.45, 7) is 2.64. The minimum absolute atomic E-state index is 0.377. The molecule has 1 fully saturated rings. The number of anilines is 1. The van der Waals surface area contributed by atoms with Gasteiger partial charge in [-0.3, -0.25) is 0 Å². The van der Waals surface area contributed by atoms with Crippen LogP contribution in [0, 0.1) is 11.3 Å². The van der Waals surface area contributed by atoms with Crippen molar-refractivity contribution >= 4 is 11.8 Å². The molecule has 1 aromatic heterocycles. The zero-order chi connectivity index (χ0) is 12.3. The number of hydrogen-bond donors (Lipinski definition) is 1. The number of urea groups is 1. The first kappa shape index (κ1) is 11.2. The van der Waals surface area contributed by atoms with E-state index in [2.05, 4.69) is 9.88 Å². The topological polar surface area (TPSA) is 86.3 Å². The summed E-state index contributed by atoms with van der Waals surface area (Å²) in [4.78, 5) is 18.9. The Morgan fingerprint density at radius 2 is 2.06 bits per heavy atom. The molecule has 2 heterocycles. The monoisotopic (exact) mass is 231 g/mol. The van der Waals surface area contributed by atoms with Crippen LogP contribution in [-0.2, 0) is 0 Å². The number of rotatable bonds is 1. The summed E-state index contributed by atoms with van der Waals surface area (Å²) >= 11 is 0. The lowest BCUT2D eigenvalue weighted by Crippen LogP contribution is -2.50. The van der Waals surface area contributed by atoms with E-state index in [4.69, 9.17) is 11.0 Å². The fourth-order valence-electron chi connectivity index (χ4n) is 1.80. The zero-order valence-electron chi connectivity index (χ0n) is 9.33. The van der Waals surface area contributed by atoms with Crippen molar-refractivity contribution in [1.82, 2.24) is 9.88 Å². The molecule has 0 bridgehead atoms. The third-order valence-corrected chi connectivity index (χ3v) is 2.79.